The maximum Gasteiger partial charge on any atom is 0.265 e. The summed E-state index contributed by atoms with van der Waals surface area (Å²) in [5.74, 6) is 0.259. The topological polar surface area (TPSA) is 56.2 Å². The second-order valence-corrected chi connectivity index (χ2v) is 5.06. The summed E-state index contributed by atoms with van der Waals surface area (Å²) in [7, 11) is 1.85. The highest BCUT2D eigenvalue weighted by molar-refractivity contribution is 5.94. The first-order valence-corrected chi connectivity index (χ1v) is 7.09. The molecule has 0 radical (unpaired) electrons. The molecule has 1 heterocycles. The molecule has 0 aliphatic rings. The number of nitrogens with one attached hydrogen (secondary N) is 1. The summed E-state index contributed by atoms with van der Waals surface area (Å²) >= 11 is 0. The predicted octanol–water partition coefficient (Wildman–Crippen LogP) is 2.98. The van der Waals surface area contributed by atoms with Crippen molar-refractivity contribution in [3.63, 3.8) is 0 Å². The average Bonchev–Trinajstić information content (AvgIpc) is 2.85. The van der Waals surface area contributed by atoms with Crippen molar-refractivity contribution in [2.75, 3.05) is 5.32 Å². The molecule has 5 heteroatoms. The zero-order valence-corrected chi connectivity index (χ0v) is 12.5. The van der Waals surface area contributed by atoms with Crippen molar-refractivity contribution in [3.05, 3.63) is 54.6 Å². The van der Waals surface area contributed by atoms with Gasteiger partial charge in [0.15, 0.2) is 6.10 Å². The number of hydrogen-bond donors (Lipinski definition) is 1. The smallest absolute Gasteiger partial charge is 0.265 e. The van der Waals surface area contributed by atoms with E-state index in [1.807, 2.05) is 61.6 Å². The van der Waals surface area contributed by atoms with Crippen molar-refractivity contribution >= 4 is 22.5 Å². The van der Waals surface area contributed by atoms with Crippen molar-refractivity contribution in [2.24, 2.45) is 7.05 Å². The van der Waals surface area contributed by atoms with E-state index in [0.717, 1.165) is 16.6 Å². The summed E-state index contributed by atoms with van der Waals surface area (Å²) in [6.07, 6.45) is -0.640. The van der Waals surface area contributed by atoms with Crippen LogP contribution in [0.2, 0.25) is 0 Å². The molecule has 1 N–H and O–H groups in total. The molecule has 0 bridgehead atoms. The normalized spacial score (nSPS) is 12.1. The highest BCUT2D eigenvalue weighted by Crippen LogP contribution is 2.24. The van der Waals surface area contributed by atoms with Crippen LogP contribution in [-0.2, 0) is 11.8 Å². The Hall–Kier alpha value is -2.82. The van der Waals surface area contributed by atoms with Gasteiger partial charge in [-0.2, -0.15) is 0 Å². The Morgan fingerprint density at radius 1 is 1.14 bits per heavy atom. The molecule has 0 saturated carbocycles. The SMILES string of the molecule is CC(Oc1nn(C)c2ccccc12)C(=O)Nc1ccccc1. The molecule has 1 unspecified atom stereocenters. The number of fused-ring (bicyclic) bond motifs is 1. The maximum atomic E-state index is 12.2. The van der Waals surface area contributed by atoms with Crippen LogP contribution in [0.1, 0.15) is 6.92 Å². The Labute approximate surface area is 128 Å². The van der Waals surface area contributed by atoms with E-state index in [2.05, 4.69) is 10.4 Å². The molecule has 0 aliphatic carbocycles. The highest BCUT2D eigenvalue weighted by Gasteiger charge is 2.18. The number of ether oxygens (including phenoxy) is 1. The molecule has 0 saturated heterocycles. The number of anilines is 1. The Balaban J connectivity index is 1.75. The second-order valence-electron chi connectivity index (χ2n) is 5.06. The second kappa shape index (κ2) is 5.89. The number of benzene rings is 2. The first kappa shape index (κ1) is 14.1. The van der Waals surface area contributed by atoms with Gasteiger partial charge in [-0.05, 0) is 31.2 Å². The maximum absolute atomic E-state index is 12.2. The molecule has 0 aliphatic heterocycles. The third kappa shape index (κ3) is 2.79. The number of hydrogen-bond acceptors (Lipinski definition) is 3. The summed E-state index contributed by atoms with van der Waals surface area (Å²) in [6.45, 7) is 1.71. The molecule has 1 atom stereocenters. The van der Waals surface area contributed by atoms with Crippen LogP contribution in [0.25, 0.3) is 10.9 Å². The molecule has 1 aromatic heterocycles. The fourth-order valence-corrected chi connectivity index (χ4v) is 2.25. The van der Waals surface area contributed by atoms with Crippen LogP contribution in [0, 0.1) is 0 Å². The molecule has 2 aromatic carbocycles. The van der Waals surface area contributed by atoms with Gasteiger partial charge in [-0.1, -0.05) is 30.3 Å². The van der Waals surface area contributed by atoms with Crippen molar-refractivity contribution in [2.45, 2.75) is 13.0 Å². The van der Waals surface area contributed by atoms with Crippen molar-refractivity contribution < 1.29 is 9.53 Å². The monoisotopic (exact) mass is 295 g/mol. The van der Waals surface area contributed by atoms with Gasteiger partial charge in [-0.15, -0.1) is 5.10 Å². The lowest BCUT2D eigenvalue weighted by atomic mass is 10.2. The third-order valence-corrected chi connectivity index (χ3v) is 3.42. The first-order valence-electron chi connectivity index (χ1n) is 7.09. The number of para-hydroxylation sites is 2. The first-order chi connectivity index (χ1) is 10.6. The third-order valence-electron chi connectivity index (χ3n) is 3.42. The Bertz CT molecular complexity index is 796. The summed E-state index contributed by atoms with van der Waals surface area (Å²) < 4.78 is 7.48. The minimum Gasteiger partial charge on any atom is -0.463 e. The Morgan fingerprint density at radius 2 is 1.82 bits per heavy atom. The molecule has 22 heavy (non-hydrogen) atoms. The van der Waals surface area contributed by atoms with E-state index in [1.54, 1.807) is 11.6 Å². The largest absolute Gasteiger partial charge is 0.463 e. The van der Waals surface area contributed by atoms with Gasteiger partial charge in [-0.3, -0.25) is 9.48 Å². The average molecular weight is 295 g/mol. The number of amides is 1. The minimum atomic E-state index is -0.640. The van der Waals surface area contributed by atoms with Gasteiger partial charge in [-0.25, -0.2) is 0 Å². The lowest BCUT2D eigenvalue weighted by molar-refractivity contribution is -0.122. The Kier molecular flexibility index (Phi) is 3.78. The van der Waals surface area contributed by atoms with Gasteiger partial charge in [0.25, 0.3) is 5.91 Å². The summed E-state index contributed by atoms with van der Waals surface area (Å²) in [6, 6.07) is 17.1. The van der Waals surface area contributed by atoms with Crippen LogP contribution in [0.4, 0.5) is 5.69 Å². The lowest BCUT2D eigenvalue weighted by Crippen LogP contribution is -2.30. The van der Waals surface area contributed by atoms with Gasteiger partial charge in [0.1, 0.15) is 0 Å². The number of nitrogens with zero attached hydrogens (tertiary/aromatic N) is 2. The fourth-order valence-electron chi connectivity index (χ4n) is 2.25. The van der Waals surface area contributed by atoms with Crippen LogP contribution in [-0.4, -0.2) is 21.8 Å². The summed E-state index contributed by atoms with van der Waals surface area (Å²) in [5, 5.41) is 8.04. The summed E-state index contributed by atoms with van der Waals surface area (Å²) in [4.78, 5) is 12.2. The number of aryl methyl sites for hydroxylation is 1. The molecule has 1 amide bonds. The predicted molar refractivity (Wildman–Crippen MR) is 85.9 cm³/mol. The van der Waals surface area contributed by atoms with Gasteiger partial charge in [0, 0.05) is 12.7 Å². The van der Waals surface area contributed by atoms with E-state index in [9.17, 15) is 4.79 Å². The lowest BCUT2D eigenvalue weighted by Gasteiger charge is -2.13. The quantitative estimate of drug-likeness (QED) is 0.805. The standard InChI is InChI=1S/C17H17N3O2/c1-12(16(21)18-13-8-4-3-5-9-13)22-17-14-10-6-7-11-15(14)20(2)19-17/h3-12H,1-2H3,(H,18,21). The molecule has 0 spiro atoms. The fraction of sp³-hybridized carbons (Fsp3) is 0.176. The van der Waals surface area contributed by atoms with Crippen LogP contribution < -0.4 is 10.1 Å². The minimum absolute atomic E-state index is 0.207. The van der Waals surface area contributed by atoms with Crippen molar-refractivity contribution in [3.8, 4) is 5.88 Å². The van der Waals surface area contributed by atoms with E-state index in [-0.39, 0.29) is 5.91 Å². The van der Waals surface area contributed by atoms with Gasteiger partial charge < -0.3 is 10.1 Å². The molecular weight excluding hydrogens is 278 g/mol. The molecule has 5 nitrogen and oxygen atoms in total. The van der Waals surface area contributed by atoms with E-state index < -0.39 is 6.10 Å². The number of rotatable bonds is 4. The van der Waals surface area contributed by atoms with Crippen molar-refractivity contribution in [1.29, 1.82) is 0 Å². The van der Waals surface area contributed by atoms with Crippen molar-refractivity contribution in [1.82, 2.24) is 9.78 Å². The van der Waals surface area contributed by atoms with E-state index in [4.69, 9.17) is 4.74 Å². The van der Waals surface area contributed by atoms with Crippen LogP contribution in [0.5, 0.6) is 5.88 Å². The van der Waals surface area contributed by atoms with Crippen LogP contribution >= 0.6 is 0 Å². The van der Waals surface area contributed by atoms with Crippen LogP contribution in [0.3, 0.4) is 0 Å². The van der Waals surface area contributed by atoms with Gasteiger partial charge >= 0.3 is 0 Å². The van der Waals surface area contributed by atoms with Gasteiger partial charge in [0.2, 0.25) is 5.88 Å². The summed E-state index contributed by atoms with van der Waals surface area (Å²) in [5.41, 5.74) is 1.71. The van der Waals surface area contributed by atoms with E-state index >= 15 is 0 Å². The van der Waals surface area contributed by atoms with E-state index in [0.29, 0.717) is 5.88 Å². The number of aromatic nitrogens is 2. The van der Waals surface area contributed by atoms with Gasteiger partial charge in [0.05, 0.1) is 10.9 Å². The molecule has 3 aromatic rings. The van der Waals surface area contributed by atoms with Crippen LogP contribution in [0.15, 0.2) is 54.6 Å². The zero-order valence-electron chi connectivity index (χ0n) is 12.5. The molecule has 0 fully saturated rings. The molecule has 3 rings (SSSR count). The number of carbonyl (C=O) groups is 1. The molecule has 112 valence electrons. The number of carbonyl (C=O) groups excluding carboxylic acids is 1. The Morgan fingerprint density at radius 3 is 2.59 bits per heavy atom. The zero-order chi connectivity index (χ0) is 15.5. The molecular formula is C17H17N3O2. The van der Waals surface area contributed by atoms with E-state index in [1.165, 1.54) is 0 Å². The highest BCUT2D eigenvalue weighted by atomic mass is 16.5.